The number of carbonyl (C=O) groups is 1. The molecular formula is C23H22N4O2P+. The Morgan fingerprint density at radius 3 is 2.73 bits per heavy atom. The van der Waals surface area contributed by atoms with Crippen LogP contribution in [-0.2, 0) is 22.7 Å². The van der Waals surface area contributed by atoms with Crippen LogP contribution >= 0.6 is 7.92 Å². The standard InChI is InChI=1S/C23H22N4O2P/c1-30-14-10-20-23(25-17-30)24-15-21(26-20)19-7-11-27(12-8-19)13-9-22(28)29-16-18-5-3-2-4-6-18/h2-8,10-12,14-15,17H,9,13,16H2,1H3/q+1. The van der Waals surface area contributed by atoms with Crippen LogP contribution in [0.1, 0.15) is 17.7 Å². The number of aromatic nitrogens is 3. The second kappa shape index (κ2) is 9.51. The van der Waals surface area contributed by atoms with E-state index >= 15 is 0 Å². The first-order valence-corrected chi connectivity index (χ1v) is 11.6. The van der Waals surface area contributed by atoms with Gasteiger partial charge in [0, 0.05) is 23.7 Å². The van der Waals surface area contributed by atoms with Gasteiger partial charge >= 0.3 is 5.97 Å². The van der Waals surface area contributed by atoms with Gasteiger partial charge in [0.1, 0.15) is 18.7 Å². The maximum atomic E-state index is 12.0. The average molecular weight is 417 g/mol. The number of nitrogens with zero attached hydrogens (tertiary/aromatic N) is 4. The number of hydrogen-bond donors (Lipinski definition) is 0. The number of aryl methyl sites for hydroxylation is 1. The summed E-state index contributed by atoms with van der Waals surface area (Å²) in [5.74, 6) is 4.50. The zero-order valence-corrected chi connectivity index (χ0v) is 17.6. The van der Waals surface area contributed by atoms with E-state index in [1.807, 2.05) is 71.5 Å². The van der Waals surface area contributed by atoms with E-state index in [0.717, 1.165) is 22.5 Å². The molecule has 0 aliphatic carbocycles. The average Bonchev–Trinajstić information content (AvgIpc) is 2.98. The van der Waals surface area contributed by atoms with E-state index in [1.54, 1.807) is 6.20 Å². The van der Waals surface area contributed by atoms with Crippen molar-refractivity contribution < 1.29 is 14.1 Å². The van der Waals surface area contributed by atoms with Crippen LogP contribution in [0.5, 0.6) is 0 Å². The minimum absolute atomic E-state index is 0.213. The first kappa shape index (κ1) is 20.0. The molecule has 0 amide bonds. The Hall–Kier alpha value is -3.24. The van der Waals surface area contributed by atoms with Gasteiger partial charge in [-0.15, -0.1) is 0 Å². The van der Waals surface area contributed by atoms with Crippen LogP contribution in [0.4, 0.5) is 5.82 Å². The molecule has 3 aromatic rings. The Bertz CT molecular complexity index is 1080. The van der Waals surface area contributed by atoms with E-state index in [2.05, 4.69) is 22.5 Å². The van der Waals surface area contributed by atoms with Crippen molar-refractivity contribution in [1.29, 1.82) is 0 Å². The van der Waals surface area contributed by atoms with Crippen LogP contribution in [0.25, 0.3) is 17.3 Å². The molecule has 6 nitrogen and oxygen atoms in total. The van der Waals surface area contributed by atoms with E-state index in [0.29, 0.717) is 25.4 Å². The minimum atomic E-state index is -0.352. The Morgan fingerprint density at radius 2 is 1.93 bits per heavy atom. The lowest BCUT2D eigenvalue weighted by Crippen LogP contribution is -2.34. The molecule has 1 unspecified atom stereocenters. The van der Waals surface area contributed by atoms with Crippen molar-refractivity contribution >= 4 is 31.7 Å². The first-order valence-electron chi connectivity index (χ1n) is 9.68. The van der Waals surface area contributed by atoms with Gasteiger partial charge in [-0.2, -0.15) is 0 Å². The molecule has 1 aliphatic heterocycles. The molecular weight excluding hydrogens is 395 g/mol. The molecule has 3 heterocycles. The summed E-state index contributed by atoms with van der Waals surface area (Å²) in [6, 6.07) is 13.6. The maximum Gasteiger partial charge on any atom is 0.312 e. The van der Waals surface area contributed by atoms with Gasteiger partial charge in [0.25, 0.3) is 0 Å². The third-order valence-electron chi connectivity index (χ3n) is 4.61. The largest absolute Gasteiger partial charge is 0.461 e. The van der Waals surface area contributed by atoms with Gasteiger partial charge in [0.15, 0.2) is 24.8 Å². The minimum Gasteiger partial charge on any atom is -0.461 e. The van der Waals surface area contributed by atoms with E-state index in [9.17, 15) is 4.79 Å². The molecule has 2 aromatic heterocycles. The van der Waals surface area contributed by atoms with Crippen LogP contribution < -0.4 is 4.57 Å². The van der Waals surface area contributed by atoms with Crippen molar-refractivity contribution in [3.8, 4) is 11.3 Å². The van der Waals surface area contributed by atoms with Gasteiger partial charge in [0.05, 0.1) is 11.9 Å². The predicted octanol–water partition coefficient (Wildman–Crippen LogP) is 4.32. The lowest BCUT2D eigenvalue weighted by molar-refractivity contribution is -0.695. The number of ether oxygens (including phenoxy) is 1. The first-order chi connectivity index (χ1) is 14.7. The fourth-order valence-electron chi connectivity index (χ4n) is 2.93. The van der Waals surface area contributed by atoms with Gasteiger partial charge in [-0.1, -0.05) is 36.1 Å². The number of aliphatic imine (C=N–C) groups is 1. The molecule has 0 saturated carbocycles. The molecule has 0 bridgehead atoms. The lowest BCUT2D eigenvalue weighted by atomic mass is 10.2. The fraction of sp³-hybridized carbons (Fsp3) is 0.174. The molecule has 1 atom stereocenters. The fourth-order valence-corrected chi connectivity index (χ4v) is 3.67. The number of carbonyl (C=O) groups excluding carboxylic acids is 1. The van der Waals surface area contributed by atoms with E-state index in [-0.39, 0.29) is 13.9 Å². The molecule has 1 aliphatic rings. The summed E-state index contributed by atoms with van der Waals surface area (Å²) < 4.78 is 7.28. The van der Waals surface area contributed by atoms with E-state index in [4.69, 9.17) is 9.72 Å². The van der Waals surface area contributed by atoms with Crippen LogP contribution in [-0.4, -0.2) is 28.6 Å². The summed E-state index contributed by atoms with van der Waals surface area (Å²) in [6.07, 6.45) is 7.93. The number of rotatable bonds is 6. The molecule has 0 N–H and O–H groups in total. The highest BCUT2D eigenvalue weighted by atomic mass is 31.1. The zero-order valence-electron chi connectivity index (χ0n) is 16.7. The Labute approximate surface area is 176 Å². The van der Waals surface area contributed by atoms with Gasteiger partial charge in [-0.25, -0.2) is 19.5 Å². The molecule has 0 saturated heterocycles. The number of fused-ring (bicyclic) bond motifs is 1. The van der Waals surface area contributed by atoms with Gasteiger partial charge in [-0.3, -0.25) is 4.79 Å². The monoisotopic (exact) mass is 417 g/mol. The quantitative estimate of drug-likeness (QED) is 0.340. The Morgan fingerprint density at radius 1 is 1.13 bits per heavy atom. The molecule has 7 heteroatoms. The normalized spacial score (nSPS) is 14.8. The van der Waals surface area contributed by atoms with Crippen molar-refractivity contribution in [2.75, 3.05) is 6.66 Å². The summed E-state index contributed by atoms with van der Waals surface area (Å²) in [4.78, 5) is 25.6. The second-order valence-electron chi connectivity index (χ2n) is 6.91. The van der Waals surface area contributed by atoms with Crippen LogP contribution in [0, 0.1) is 0 Å². The summed E-state index contributed by atoms with van der Waals surface area (Å²) >= 11 is 0. The summed E-state index contributed by atoms with van der Waals surface area (Å²) in [5.41, 5.74) is 3.54. The SMILES string of the molecule is CP1C=Cc2nc(-c3cc[n+](CCC(=O)OCc4ccccc4)cc3)cnc2N=C1. The molecule has 4 rings (SSSR count). The van der Waals surface area contributed by atoms with Crippen LogP contribution in [0.15, 0.2) is 71.9 Å². The van der Waals surface area contributed by atoms with Gasteiger partial charge in [0.2, 0.25) is 0 Å². The molecule has 0 radical (unpaired) electrons. The molecule has 30 heavy (non-hydrogen) atoms. The third-order valence-corrected chi connectivity index (χ3v) is 5.71. The van der Waals surface area contributed by atoms with Crippen molar-refractivity contribution in [3.63, 3.8) is 0 Å². The van der Waals surface area contributed by atoms with Crippen molar-refractivity contribution in [1.82, 2.24) is 9.97 Å². The summed E-state index contributed by atoms with van der Waals surface area (Å²) in [7, 11) is -0.352. The highest BCUT2D eigenvalue weighted by Gasteiger charge is 2.12. The third kappa shape index (κ3) is 5.22. The van der Waals surface area contributed by atoms with Crippen LogP contribution in [0.3, 0.4) is 0 Å². The number of pyridine rings is 1. The molecule has 1 aromatic carbocycles. The smallest absolute Gasteiger partial charge is 0.312 e. The highest BCUT2D eigenvalue weighted by molar-refractivity contribution is 7.75. The van der Waals surface area contributed by atoms with E-state index < -0.39 is 0 Å². The van der Waals surface area contributed by atoms with Gasteiger partial charge in [-0.05, 0) is 26.2 Å². The molecule has 0 fully saturated rings. The predicted molar refractivity (Wildman–Crippen MR) is 119 cm³/mol. The zero-order chi connectivity index (χ0) is 20.8. The summed E-state index contributed by atoms with van der Waals surface area (Å²) in [5, 5.41) is 0. The van der Waals surface area contributed by atoms with Crippen molar-refractivity contribution in [2.45, 2.75) is 19.6 Å². The Balaban J connectivity index is 1.35. The van der Waals surface area contributed by atoms with Crippen LogP contribution in [0.2, 0.25) is 0 Å². The highest BCUT2D eigenvalue weighted by Crippen LogP contribution is 2.35. The van der Waals surface area contributed by atoms with Gasteiger partial charge < -0.3 is 4.74 Å². The Kier molecular flexibility index (Phi) is 6.35. The number of hydrogen-bond acceptors (Lipinski definition) is 5. The molecule has 150 valence electrons. The second-order valence-corrected chi connectivity index (χ2v) is 8.77. The maximum absolute atomic E-state index is 12.0. The lowest BCUT2D eigenvalue weighted by Gasteiger charge is -2.05. The summed E-state index contributed by atoms with van der Waals surface area (Å²) in [6.45, 7) is 3.00. The number of esters is 1. The number of benzene rings is 1. The topological polar surface area (TPSA) is 68.3 Å². The van der Waals surface area contributed by atoms with Crippen molar-refractivity contribution in [2.24, 2.45) is 4.99 Å². The van der Waals surface area contributed by atoms with E-state index in [1.165, 1.54) is 0 Å². The van der Waals surface area contributed by atoms with Crippen molar-refractivity contribution in [3.05, 3.63) is 78.1 Å². The molecule has 0 spiro atoms.